The Morgan fingerprint density at radius 2 is 2.00 bits per heavy atom. The minimum absolute atomic E-state index is 0.642. The molecule has 1 heterocycles. The monoisotopic (exact) mass is 218 g/mol. The lowest BCUT2D eigenvalue weighted by atomic mass is 10.1. The van der Waals surface area contributed by atoms with Gasteiger partial charge in [-0.25, -0.2) is 0 Å². The maximum atomic E-state index is 7.74. The summed E-state index contributed by atoms with van der Waals surface area (Å²) >= 11 is 1.50. The minimum Gasteiger partial charge on any atom is -0.321 e. The first-order valence-electron chi connectivity index (χ1n) is 5.01. The molecule has 2 rings (SSSR count). The molecular weight excluding hydrogens is 204 g/mol. The zero-order valence-corrected chi connectivity index (χ0v) is 9.55. The van der Waals surface area contributed by atoms with Crippen LogP contribution in [0.4, 0.5) is 0 Å². The molecule has 0 bridgehead atoms. The molecule has 0 unspecified atom stereocenters. The first-order valence-corrected chi connectivity index (χ1v) is 5.89. The zero-order valence-electron chi connectivity index (χ0n) is 8.73. The fourth-order valence-electron chi connectivity index (χ4n) is 1.59. The Kier molecular flexibility index (Phi) is 3.02. The molecule has 0 atom stereocenters. The van der Waals surface area contributed by atoms with E-state index in [9.17, 15) is 0 Å². The topological polar surface area (TPSA) is 28.8 Å². The predicted octanol–water partition coefficient (Wildman–Crippen LogP) is 2.58. The molecule has 1 aromatic heterocycles. The van der Waals surface area contributed by atoms with E-state index in [1.807, 2.05) is 11.4 Å². The largest absolute Gasteiger partial charge is 0.321 e. The molecule has 0 fully saturated rings. The molecule has 0 radical (unpaired) electrons. The van der Waals surface area contributed by atoms with Crippen molar-refractivity contribution in [3.05, 3.63) is 51.8 Å². The molecule has 0 aliphatic rings. The number of hydrogen-bond donors (Lipinski definition) is 1. The van der Waals surface area contributed by atoms with Gasteiger partial charge in [-0.3, -0.25) is 5.41 Å². The third kappa shape index (κ3) is 2.36. The second-order valence-corrected chi connectivity index (χ2v) is 4.43. The molecule has 0 saturated carbocycles. The lowest BCUT2D eigenvalue weighted by Gasteiger charge is -2.05. The quantitative estimate of drug-likeness (QED) is 0.820. The first kappa shape index (κ1) is 10.2. The zero-order chi connectivity index (χ0) is 10.7. The number of nitrogens with one attached hydrogen (secondary N) is 1. The van der Waals surface area contributed by atoms with Crippen molar-refractivity contribution in [3.8, 4) is 0 Å². The third-order valence-corrected chi connectivity index (χ3v) is 3.38. The highest BCUT2D eigenvalue weighted by Crippen LogP contribution is 2.04. The van der Waals surface area contributed by atoms with Crippen LogP contribution in [0, 0.1) is 12.3 Å². The summed E-state index contributed by atoms with van der Waals surface area (Å²) in [5.41, 5.74) is 2.51. The van der Waals surface area contributed by atoms with Gasteiger partial charge in [-0.15, -0.1) is 11.3 Å². The van der Waals surface area contributed by atoms with Gasteiger partial charge in [0, 0.05) is 17.6 Å². The normalized spacial score (nSPS) is 10.5. The maximum absolute atomic E-state index is 7.74. The Hall–Kier alpha value is -1.35. The van der Waals surface area contributed by atoms with E-state index < -0.39 is 0 Å². The Bertz CT molecular complexity index is 482. The average Bonchev–Trinajstić information content (AvgIpc) is 2.58. The molecule has 15 heavy (non-hydrogen) atoms. The van der Waals surface area contributed by atoms with Crippen LogP contribution in [0.25, 0.3) is 0 Å². The van der Waals surface area contributed by atoms with Gasteiger partial charge in [0.15, 0.2) is 4.80 Å². The van der Waals surface area contributed by atoms with Gasteiger partial charge < -0.3 is 4.57 Å². The van der Waals surface area contributed by atoms with E-state index >= 15 is 0 Å². The van der Waals surface area contributed by atoms with Crippen LogP contribution < -0.4 is 4.80 Å². The van der Waals surface area contributed by atoms with Crippen LogP contribution in [0.3, 0.4) is 0 Å². The van der Waals surface area contributed by atoms with Gasteiger partial charge in [0.25, 0.3) is 0 Å². The molecule has 0 aliphatic heterocycles. The molecule has 3 heteroatoms. The van der Waals surface area contributed by atoms with E-state index in [-0.39, 0.29) is 0 Å². The van der Waals surface area contributed by atoms with E-state index in [1.54, 1.807) is 0 Å². The number of nitrogens with zero attached hydrogens (tertiary/aromatic N) is 1. The SMILES string of the molecule is Cc1csc(=N)n1CCc1ccccc1. The fourth-order valence-corrected chi connectivity index (χ4v) is 2.36. The molecular formula is C12H14N2S. The minimum atomic E-state index is 0.642. The van der Waals surface area contributed by atoms with Crippen LogP contribution in [-0.4, -0.2) is 4.57 Å². The highest BCUT2D eigenvalue weighted by molar-refractivity contribution is 7.07. The van der Waals surface area contributed by atoms with E-state index in [2.05, 4.69) is 35.8 Å². The van der Waals surface area contributed by atoms with E-state index in [0.29, 0.717) is 4.80 Å². The van der Waals surface area contributed by atoms with Gasteiger partial charge in [-0.1, -0.05) is 30.3 Å². The number of rotatable bonds is 3. The van der Waals surface area contributed by atoms with Crippen LogP contribution in [0.2, 0.25) is 0 Å². The van der Waals surface area contributed by atoms with Gasteiger partial charge in [0.05, 0.1) is 0 Å². The summed E-state index contributed by atoms with van der Waals surface area (Å²) in [6.45, 7) is 2.96. The smallest absolute Gasteiger partial charge is 0.182 e. The maximum Gasteiger partial charge on any atom is 0.182 e. The summed E-state index contributed by atoms with van der Waals surface area (Å²) in [6.07, 6.45) is 0.995. The fraction of sp³-hybridized carbons (Fsp3) is 0.250. The summed E-state index contributed by atoms with van der Waals surface area (Å²) in [6, 6.07) is 10.4. The van der Waals surface area contributed by atoms with Crippen LogP contribution >= 0.6 is 11.3 Å². The van der Waals surface area contributed by atoms with Crippen LogP contribution in [0.15, 0.2) is 35.7 Å². The molecule has 1 aromatic carbocycles. The molecule has 0 aliphatic carbocycles. The van der Waals surface area contributed by atoms with E-state index in [1.165, 1.54) is 22.6 Å². The summed E-state index contributed by atoms with van der Waals surface area (Å²) in [5.74, 6) is 0. The second kappa shape index (κ2) is 4.45. The van der Waals surface area contributed by atoms with Crippen molar-refractivity contribution < 1.29 is 0 Å². The van der Waals surface area contributed by atoms with Gasteiger partial charge >= 0.3 is 0 Å². The lowest BCUT2D eigenvalue weighted by Crippen LogP contribution is -2.16. The number of benzene rings is 1. The summed E-state index contributed by atoms with van der Waals surface area (Å²) in [5, 5.41) is 9.77. The van der Waals surface area contributed by atoms with Crippen molar-refractivity contribution in [3.63, 3.8) is 0 Å². The Morgan fingerprint density at radius 1 is 1.27 bits per heavy atom. The second-order valence-electron chi connectivity index (χ2n) is 3.57. The van der Waals surface area contributed by atoms with Gasteiger partial charge in [-0.05, 0) is 18.9 Å². The number of hydrogen-bond acceptors (Lipinski definition) is 2. The molecule has 0 spiro atoms. The van der Waals surface area contributed by atoms with Crippen molar-refractivity contribution in [1.29, 1.82) is 5.41 Å². The van der Waals surface area contributed by atoms with Crippen molar-refractivity contribution in [1.82, 2.24) is 4.57 Å². The van der Waals surface area contributed by atoms with Crippen molar-refractivity contribution in [2.45, 2.75) is 19.9 Å². The third-order valence-electron chi connectivity index (χ3n) is 2.48. The molecule has 2 nitrogen and oxygen atoms in total. The van der Waals surface area contributed by atoms with E-state index in [4.69, 9.17) is 5.41 Å². The molecule has 2 aromatic rings. The van der Waals surface area contributed by atoms with Crippen molar-refractivity contribution in [2.24, 2.45) is 0 Å². The molecule has 0 saturated heterocycles. The highest BCUT2D eigenvalue weighted by atomic mass is 32.1. The number of aryl methyl sites for hydroxylation is 2. The van der Waals surface area contributed by atoms with E-state index in [0.717, 1.165) is 13.0 Å². The van der Waals surface area contributed by atoms with Crippen molar-refractivity contribution >= 4 is 11.3 Å². The first-order chi connectivity index (χ1) is 7.27. The standard InChI is InChI=1S/C12H14N2S/c1-10-9-15-12(13)14(10)8-7-11-5-3-2-4-6-11/h2-6,9,13H,7-8H2,1H3. The van der Waals surface area contributed by atoms with Crippen LogP contribution in [0.1, 0.15) is 11.3 Å². The highest BCUT2D eigenvalue weighted by Gasteiger charge is 1.99. The summed E-state index contributed by atoms with van der Waals surface area (Å²) in [4.78, 5) is 0.642. The average molecular weight is 218 g/mol. The Morgan fingerprint density at radius 3 is 2.60 bits per heavy atom. The molecule has 1 N–H and O–H groups in total. The predicted molar refractivity (Wildman–Crippen MR) is 63.0 cm³/mol. The van der Waals surface area contributed by atoms with Crippen LogP contribution in [0.5, 0.6) is 0 Å². The van der Waals surface area contributed by atoms with Gasteiger partial charge in [0.2, 0.25) is 0 Å². The van der Waals surface area contributed by atoms with Crippen molar-refractivity contribution in [2.75, 3.05) is 0 Å². The van der Waals surface area contributed by atoms with Crippen LogP contribution in [-0.2, 0) is 13.0 Å². The molecule has 78 valence electrons. The summed E-state index contributed by atoms with van der Waals surface area (Å²) < 4.78 is 2.05. The Balaban J connectivity index is 2.09. The summed E-state index contributed by atoms with van der Waals surface area (Å²) in [7, 11) is 0. The lowest BCUT2D eigenvalue weighted by molar-refractivity contribution is 0.652. The Labute approximate surface area is 93.3 Å². The molecule has 0 amide bonds. The number of thiazole rings is 1. The van der Waals surface area contributed by atoms with Gasteiger partial charge in [-0.2, -0.15) is 0 Å². The van der Waals surface area contributed by atoms with Gasteiger partial charge in [0.1, 0.15) is 0 Å². The number of aromatic nitrogens is 1.